The summed E-state index contributed by atoms with van der Waals surface area (Å²) in [4.78, 5) is 2.32. The molecule has 4 heteroatoms. The molecule has 0 unspecified atom stereocenters. The lowest BCUT2D eigenvalue weighted by Crippen LogP contribution is -2.30. The van der Waals surface area contributed by atoms with E-state index in [1.807, 2.05) is 13.0 Å². The largest absolute Gasteiger partial charge is 0.396 e. The average molecular weight is 259 g/mol. The molecule has 1 saturated heterocycles. The van der Waals surface area contributed by atoms with E-state index in [-0.39, 0.29) is 0 Å². The third-order valence-corrected chi connectivity index (χ3v) is 3.89. The molecule has 1 heterocycles. The Labute approximate surface area is 106 Å². The summed E-state index contributed by atoms with van der Waals surface area (Å²) in [7, 11) is 0. The van der Waals surface area contributed by atoms with Crippen LogP contribution in [-0.4, -0.2) is 13.1 Å². The second kappa shape index (κ2) is 4.72. The summed E-state index contributed by atoms with van der Waals surface area (Å²) in [6, 6.07) is 1.89. The number of hydrogen-bond donors (Lipinski definition) is 1. The van der Waals surface area contributed by atoms with Gasteiger partial charge in [0.2, 0.25) is 0 Å². The summed E-state index contributed by atoms with van der Waals surface area (Å²) in [5, 5.41) is 1.02. The molecule has 1 aliphatic rings. The first-order valence-electron chi connectivity index (χ1n) is 5.60. The van der Waals surface area contributed by atoms with Gasteiger partial charge in [-0.15, -0.1) is 0 Å². The van der Waals surface area contributed by atoms with E-state index in [4.69, 9.17) is 28.9 Å². The minimum absolute atomic E-state index is 0.479. The van der Waals surface area contributed by atoms with E-state index >= 15 is 0 Å². The van der Waals surface area contributed by atoms with Crippen molar-refractivity contribution in [2.45, 2.75) is 26.2 Å². The van der Waals surface area contributed by atoms with E-state index < -0.39 is 0 Å². The predicted molar refractivity (Wildman–Crippen MR) is 71.7 cm³/mol. The SMILES string of the molecule is Cc1cc(Cl)c(Cl)c(N)c1N1CCCCC1. The standard InChI is InChI=1S/C12H16Cl2N2/c1-8-7-9(13)10(14)11(15)12(8)16-5-3-2-4-6-16/h7H,2-6,15H2,1H3. The fourth-order valence-electron chi connectivity index (χ4n) is 2.30. The number of hydrogen-bond acceptors (Lipinski definition) is 2. The fraction of sp³-hybridized carbons (Fsp3) is 0.500. The maximum Gasteiger partial charge on any atom is 0.0843 e. The lowest BCUT2D eigenvalue weighted by atomic mass is 10.1. The average Bonchev–Trinajstić information content (AvgIpc) is 2.28. The first-order chi connectivity index (χ1) is 7.61. The normalized spacial score (nSPS) is 16.6. The summed E-state index contributed by atoms with van der Waals surface area (Å²) in [6.45, 7) is 4.15. The third-order valence-electron chi connectivity index (χ3n) is 3.09. The Balaban J connectivity index is 2.42. The number of nitrogens with zero attached hydrogens (tertiary/aromatic N) is 1. The van der Waals surface area contributed by atoms with Crippen molar-refractivity contribution < 1.29 is 0 Å². The lowest BCUT2D eigenvalue weighted by molar-refractivity contribution is 0.577. The minimum Gasteiger partial charge on any atom is -0.396 e. The number of halogens is 2. The number of anilines is 2. The monoisotopic (exact) mass is 258 g/mol. The zero-order valence-corrected chi connectivity index (χ0v) is 10.9. The maximum atomic E-state index is 6.09. The van der Waals surface area contributed by atoms with Crippen LogP contribution in [0.25, 0.3) is 0 Å². The number of rotatable bonds is 1. The van der Waals surface area contributed by atoms with Crippen molar-refractivity contribution in [3.8, 4) is 0 Å². The van der Waals surface area contributed by atoms with E-state index in [0.717, 1.165) is 24.3 Å². The molecule has 0 aliphatic carbocycles. The molecule has 0 amide bonds. The van der Waals surface area contributed by atoms with Gasteiger partial charge in [0, 0.05) is 13.1 Å². The van der Waals surface area contributed by atoms with Crippen LogP contribution in [0, 0.1) is 6.92 Å². The van der Waals surface area contributed by atoms with Crippen LogP contribution in [0.1, 0.15) is 24.8 Å². The molecular formula is C12H16Cl2N2. The van der Waals surface area contributed by atoms with Crippen molar-refractivity contribution in [3.05, 3.63) is 21.7 Å². The first kappa shape index (κ1) is 11.9. The molecule has 16 heavy (non-hydrogen) atoms. The highest BCUT2D eigenvalue weighted by molar-refractivity contribution is 6.44. The van der Waals surface area contributed by atoms with E-state index in [0.29, 0.717) is 15.7 Å². The topological polar surface area (TPSA) is 29.3 Å². The van der Waals surface area contributed by atoms with Crippen LogP contribution in [0.3, 0.4) is 0 Å². The molecule has 2 rings (SSSR count). The molecule has 0 spiro atoms. The van der Waals surface area contributed by atoms with Crippen LogP contribution < -0.4 is 10.6 Å². The Morgan fingerprint density at radius 3 is 2.44 bits per heavy atom. The highest BCUT2D eigenvalue weighted by atomic mass is 35.5. The summed E-state index contributed by atoms with van der Waals surface area (Å²) < 4.78 is 0. The predicted octanol–water partition coefficient (Wildman–Crippen LogP) is 3.87. The Bertz CT molecular complexity index is 398. The maximum absolute atomic E-state index is 6.09. The van der Waals surface area contributed by atoms with E-state index in [9.17, 15) is 0 Å². The third kappa shape index (κ3) is 2.09. The summed E-state index contributed by atoms with van der Waals surface area (Å²) >= 11 is 12.1. The number of piperidine rings is 1. The Morgan fingerprint density at radius 1 is 1.19 bits per heavy atom. The second-order valence-corrected chi connectivity index (χ2v) is 5.08. The van der Waals surface area contributed by atoms with Gasteiger partial charge in [-0.3, -0.25) is 0 Å². The van der Waals surface area contributed by atoms with E-state index in [2.05, 4.69) is 4.90 Å². The summed E-state index contributed by atoms with van der Waals surface area (Å²) in [5.74, 6) is 0. The van der Waals surface area contributed by atoms with Crippen molar-refractivity contribution in [2.24, 2.45) is 0 Å². The molecule has 0 radical (unpaired) electrons. The van der Waals surface area contributed by atoms with Crippen molar-refractivity contribution >= 4 is 34.6 Å². The van der Waals surface area contributed by atoms with Crippen molar-refractivity contribution in [1.82, 2.24) is 0 Å². The van der Waals surface area contributed by atoms with E-state index in [1.54, 1.807) is 0 Å². The molecule has 0 bridgehead atoms. The van der Waals surface area contributed by atoms with Gasteiger partial charge in [0.05, 0.1) is 21.4 Å². The van der Waals surface area contributed by atoms with Crippen molar-refractivity contribution in [2.75, 3.05) is 23.7 Å². The fourth-order valence-corrected chi connectivity index (χ4v) is 2.71. The van der Waals surface area contributed by atoms with Gasteiger partial charge in [-0.1, -0.05) is 23.2 Å². The van der Waals surface area contributed by atoms with Crippen molar-refractivity contribution in [1.29, 1.82) is 0 Å². The molecule has 2 nitrogen and oxygen atoms in total. The van der Waals surface area contributed by atoms with Crippen LogP contribution in [0.2, 0.25) is 10.0 Å². The molecule has 88 valence electrons. The van der Waals surface area contributed by atoms with Crippen LogP contribution in [0.15, 0.2) is 6.07 Å². The van der Waals surface area contributed by atoms with Gasteiger partial charge in [-0.25, -0.2) is 0 Å². The molecule has 2 N–H and O–H groups in total. The highest BCUT2D eigenvalue weighted by Gasteiger charge is 2.18. The molecular weight excluding hydrogens is 243 g/mol. The van der Waals surface area contributed by atoms with Crippen LogP contribution >= 0.6 is 23.2 Å². The summed E-state index contributed by atoms with van der Waals surface area (Å²) in [5.41, 5.74) is 8.85. The van der Waals surface area contributed by atoms with Crippen LogP contribution in [0.5, 0.6) is 0 Å². The minimum atomic E-state index is 0.479. The van der Waals surface area contributed by atoms with Crippen LogP contribution in [0.4, 0.5) is 11.4 Å². The second-order valence-electron chi connectivity index (χ2n) is 4.30. The zero-order chi connectivity index (χ0) is 11.7. The smallest absolute Gasteiger partial charge is 0.0843 e. The molecule has 0 aromatic heterocycles. The van der Waals surface area contributed by atoms with E-state index in [1.165, 1.54) is 19.3 Å². The molecule has 1 aromatic carbocycles. The number of aryl methyl sites for hydroxylation is 1. The van der Waals surface area contributed by atoms with Gasteiger partial charge in [-0.2, -0.15) is 0 Å². The Morgan fingerprint density at radius 2 is 1.81 bits per heavy atom. The Kier molecular flexibility index (Phi) is 3.50. The molecule has 1 fully saturated rings. The first-order valence-corrected chi connectivity index (χ1v) is 6.36. The summed E-state index contributed by atoms with van der Waals surface area (Å²) in [6.07, 6.45) is 3.75. The molecule has 1 aromatic rings. The zero-order valence-electron chi connectivity index (χ0n) is 9.39. The Hall–Kier alpha value is -0.600. The van der Waals surface area contributed by atoms with Gasteiger partial charge in [-0.05, 0) is 37.8 Å². The van der Waals surface area contributed by atoms with Crippen molar-refractivity contribution in [3.63, 3.8) is 0 Å². The van der Waals surface area contributed by atoms with Gasteiger partial charge >= 0.3 is 0 Å². The van der Waals surface area contributed by atoms with Gasteiger partial charge in [0.1, 0.15) is 0 Å². The van der Waals surface area contributed by atoms with Crippen LogP contribution in [-0.2, 0) is 0 Å². The van der Waals surface area contributed by atoms with Gasteiger partial charge in [0.25, 0.3) is 0 Å². The lowest BCUT2D eigenvalue weighted by Gasteiger charge is -2.31. The quantitative estimate of drug-likeness (QED) is 0.775. The number of nitrogen functional groups attached to an aromatic ring is 1. The molecule has 1 aliphatic heterocycles. The number of nitrogens with two attached hydrogens (primary N) is 1. The highest BCUT2D eigenvalue weighted by Crippen LogP contribution is 2.39. The number of benzene rings is 1. The molecule has 0 saturated carbocycles. The van der Waals surface area contributed by atoms with Gasteiger partial charge < -0.3 is 10.6 Å². The van der Waals surface area contributed by atoms with Gasteiger partial charge in [0.15, 0.2) is 0 Å². The molecule has 0 atom stereocenters.